The summed E-state index contributed by atoms with van der Waals surface area (Å²) in [7, 11) is 1.73. The van der Waals surface area contributed by atoms with Crippen molar-refractivity contribution >= 4 is 8.56 Å². The third kappa shape index (κ3) is 10.0. The Hall–Kier alpha value is 0.0569. The van der Waals surface area contributed by atoms with Crippen LogP contribution < -0.4 is 11.1 Å². The Morgan fingerprint density at radius 2 is 1.44 bits per heavy atom. The molecule has 0 unspecified atom stereocenters. The van der Waals surface area contributed by atoms with E-state index in [1.807, 2.05) is 0 Å². The fourth-order valence-electron chi connectivity index (χ4n) is 1.92. The van der Waals surface area contributed by atoms with Crippen LogP contribution in [-0.2, 0) is 8.85 Å². The maximum absolute atomic E-state index is 5.47. The van der Waals surface area contributed by atoms with Crippen molar-refractivity contribution in [1.29, 1.82) is 0 Å². The van der Waals surface area contributed by atoms with E-state index in [2.05, 4.69) is 11.9 Å². The summed E-state index contributed by atoms with van der Waals surface area (Å²) in [5.74, 6) is 0. The van der Waals surface area contributed by atoms with Gasteiger partial charge >= 0.3 is 8.56 Å². The highest BCUT2D eigenvalue weighted by molar-refractivity contribution is 6.65. The molecule has 3 N–H and O–H groups in total. The minimum atomic E-state index is -1.81. The summed E-state index contributed by atoms with van der Waals surface area (Å²) in [6, 6.07) is 1.11. The maximum atomic E-state index is 5.47. The smallest absolute Gasteiger partial charge is 0.334 e. The summed E-state index contributed by atoms with van der Waals surface area (Å²) in [5.41, 5.74) is 5.40. The third-order valence-electron chi connectivity index (χ3n) is 3.42. The molecule has 18 heavy (non-hydrogen) atoms. The molecule has 4 nitrogen and oxygen atoms in total. The van der Waals surface area contributed by atoms with Crippen LogP contribution in [0.5, 0.6) is 0 Å². The fourth-order valence-corrected chi connectivity index (χ4v) is 3.38. The molecule has 0 aromatic heterocycles. The van der Waals surface area contributed by atoms with E-state index in [1.165, 1.54) is 38.5 Å². The number of unbranched alkanes of at least 4 members (excludes halogenated alkanes) is 5. The van der Waals surface area contributed by atoms with Crippen molar-refractivity contribution < 1.29 is 8.85 Å². The molecule has 0 fully saturated rings. The molecule has 0 atom stereocenters. The van der Waals surface area contributed by atoms with Gasteiger partial charge in [0.05, 0.1) is 0 Å². The van der Waals surface area contributed by atoms with Crippen LogP contribution in [0.3, 0.4) is 0 Å². The zero-order chi connectivity index (χ0) is 13.7. The molecular weight excluding hydrogens is 244 g/mol. The van der Waals surface area contributed by atoms with E-state index in [9.17, 15) is 0 Å². The standard InChI is InChI=1S/C13H32N2O2Si/c1-16-18(3,17-2)13-9-7-5-4-6-8-11-15-12-10-14/h15H,4-14H2,1-3H3. The van der Waals surface area contributed by atoms with E-state index in [4.69, 9.17) is 14.6 Å². The van der Waals surface area contributed by atoms with Crippen molar-refractivity contribution in [3.05, 3.63) is 0 Å². The molecule has 0 aliphatic rings. The minimum absolute atomic E-state index is 0.738. The van der Waals surface area contributed by atoms with E-state index in [0.717, 1.165) is 25.7 Å². The number of rotatable bonds is 13. The Balaban J connectivity index is 3.21. The van der Waals surface area contributed by atoms with Crippen LogP contribution in [0.4, 0.5) is 0 Å². The molecule has 0 aromatic rings. The first-order valence-corrected chi connectivity index (χ1v) is 9.72. The summed E-state index contributed by atoms with van der Waals surface area (Å²) >= 11 is 0. The van der Waals surface area contributed by atoms with E-state index in [0.29, 0.717) is 0 Å². The molecule has 0 bridgehead atoms. The van der Waals surface area contributed by atoms with Crippen LogP contribution in [0.15, 0.2) is 0 Å². The quantitative estimate of drug-likeness (QED) is 0.400. The predicted molar refractivity (Wildman–Crippen MR) is 80.1 cm³/mol. The summed E-state index contributed by atoms with van der Waals surface area (Å²) in [6.45, 7) is 4.92. The Kier molecular flexibility index (Phi) is 12.1. The van der Waals surface area contributed by atoms with Gasteiger partial charge in [0.2, 0.25) is 0 Å². The van der Waals surface area contributed by atoms with Gasteiger partial charge in [-0.1, -0.05) is 32.1 Å². The molecule has 0 heterocycles. The summed E-state index contributed by atoms with van der Waals surface area (Å²) in [6.07, 6.45) is 7.78. The van der Waals surface area contributed by atoms with Crippen molar-refractivity contribution in [2.75, 3.05) is 33.9 Å². The van der Waals surface area contributed by atoms with E-state index < -0.39 is 8.56 Å². The van der Waals surface area contributed by atoms with Crippen molar-refractivity contribution in [2.24, 2.45) is 5.73 Å². The average Bonchev–Trinajstić information content (AvgIpc) is 2.40. The molecule has 0 aliphatic heterocycles. The first kappa shape index (κ1) is 18.1. The lowest BCUT2D eigenvalue weighted by atomic mass is 10.1. The van der Waals surface area contributed by atoms with Gasteiger partial charge in [-0.3, -0.25) is 0 Å². The first-order chi connectivity index (χ1) is 8.68. The number of hydrogen-bond donors (Lipinski definition) is 2. The highest BCUT2D eigenvalue weighted by atomic mass is 28.4. The molecule has 0 amide bonds. The number of nitrogens with one attached hydrogen (secondary N) is 1. The van der Waals surface area contributed by atoms with Crippen molar-refractivity contribution in [1.82, 2.24) is 5.32 Å². The topological polar surface area (TPSA) is 56.5 Å². The highest BCUT2D eigenvalue weighted by Gasteiger charge is 2.27. The molecular formula is C13H32N2O2Si. The lowest BCUT2D eigenvalue weighted by molar-refractivity contribution is 0.248. The summed E-state index contributed by atoms with van der Waals surface area (Å²) < 4.78 is 10.9. The zero-order valence-corrected chi connectivity index (χ0v) is 13.5. The van der Waals surface area contributed by atoms with Gasteiger partial charge in [0.15, 0.2) is 0 Å². The molecule has 0 saturated heterocycles. The largest absolute Gasteiger partial charge is 0.398 e. The zero-order valence-electron chi connectivity index (χ0n) is 12.5. The van der Waals surface area contributed by atoms with Crippen LogP contribution >= 0.6 is 0 Å². The van der Waals surface area contributed by atoms with Crippen LogP contribution in [0, 0.1) is 0 Å². The Morgan fingerprint density at radius 3 is 2.00 bits per heavy atom. The Labute approximate surface area is 114 Å². The van der Waals surface area contributed by atoms with Gasteiger partial charge < -0.3 is 19.9 Å². The number of hydrogen-bond acceptors (Lipinski definition) is 4. The van der Waals surface area contributed by atoms with Gasteiger partial charge in [0.1, 0.15) is 0 Å². The van der Waals surface area contributed by atoms with Crippen molar-refractivity contribution in [3.63, 3.8) is 0 Å². The second-order valence-corrected chi connectivity index (χ2v) is 8.54. The van der Waals surface area contributed by atoms with Crippen molar-refractivity contribution in [2.45, 2.75) is 51.1 Å². The van der Waals surface area contributed by atoms with Gasteiger partial charge in [-0.15, -0.1) is 0 Å². The molecule has 0 saturated carbocycles. The predicted octanol–water partition coefficient (Wildman–Crippen LogP) is 2.24. The lowest BCUT2D eigenvalue weighted by Gasteiger charge is -2.22. The lowest BCUT2D eigenvalue weighted by Crippen LogP contribution is -2.35. The molecule has 0 aliphatic carbocycles. The third-order valence-corrected chi connectivity index (χ3v) is 6.41. The highest BCUT2D eigenvalue weighted by Crippen LogP contribution is 2.17. The fraction of sp³-hybridized carbons (Fsp3) is 1.00. The molecule has 5 heteroatoms. The molecule has 0 spiro atoms. The second kappa shape index (κ2) is 12.1. The average molecular weight is 276 g/mol. The Morgan fingerprint density at radius 1 is 0.889 bits per heavy atom. The molecule has 0 aromatic carbocycles. The monoisotopic (exact) mass is 276 g/mol. The van der Waals surface area contributed by atoms with Crippen LogP contribution in [-0.4, -0.2) is 42.4 Å². The van der Waals surface area contributed by atoms with E-state index in [1.54, 1.807) is 14.2 Å². The number of nitrogens with two attached hydrogens (primary N) is 1. The summed E-state index contributed by atoms with van der Waals surface area (Å²) in [5, 5.41) is 3.32. The van der Waals surface area contributed by atoms with Gasteiger partial charge in [-0.05, 0) is 25.6 Å². The van der Waals surface area contributed by atoms with Gasteiger partial charge in [0, 0.05) is 27.3 Å². The molecule has 110 valence electrons. The maximum Gasteiger partial charge on any atom is 0.334 e. The second-order valence-electron chi connectivity index (χ2n) is 4.95. The first-order valence-electron chi connectivity index (χ1n) is 7.19. The molecule has 0 radical (unpaired) electrons. The van der Waals surface area contributed by atoms with Crippen LogP contribution in [0.1, 0.15) is 38.5 Å². The van der Waals surface area contributed by atoms with Crippen LogP contribution in [0.25, 0.3) is 0 Å². The molecule has 0 rings (SSSR count). The minimum Gasteiger partial charge on any atom is -0.398 e. The van der Waals surface area contributed by atoms with E-state index in [-0.39, 0.29) is 0 Å². The summed E-state index contributed by atoms with van der Waals surface area (Å²) in [4.78, 5) is 0. The van der Waals surface area contributed by atoms with E-state index >= 15 is 0 Å². The van der Waals surface area contributed by atoms with Gasteiger partial charge in [-0.2, -0.15) is 0 Å². The van der Waals surface area contributed by atoms with Crippen LogP contribution in [0.2, 0.25) is 12.6 Å². The normalized spacial score (nSPS) is 12.0. The van der Waals surface area contributed by atoms with Gasteiger partial charge in [0.25, 0.3) is 0 Å². The van der Waals surface area contributed by atoms with Crippen molar-refractivity contribution in [3.8, 4) is 0 Å². The Bertz CT molecular complexity index is 178. The SMILES string of the molecule is CO[Si](C)(CCCCCCCCNCCN)OC. The van der Waals surface area contributed by atoms with Gasteiger partial charge in [-0.25, -0.2) is 0 Å².